The topological polar surface area (TPSA) is 86.0 Å². The molecule has 35 heavy (non-hydrogen) atoms. The molecular formula is C28H28N6O. The molecule has 1 saturated heterocycles. The maximum absolute atomic E-state index is 13.0. The van der Waals surface area contributed by atoms with E-state index >= 15 is 0 Å². The van der Waals surface area contributed by atoms with Crippen LogP contribution >= 0.6 is 0 Å². The third kappa shape index (κ3) is 3.72. The molecule has 3 heterocycles. The van der Waals surface area contributed by atoms with Crippen LogP contribution in [0.15, 0.2) is 36.5 Å². The van der Waals surface area contributed by atoms with E-state index in [1.54, 1.807) is 6.20 Å². The van der Waals surface area contributed by atoms with Crippen LogP contribution in [0.4, 0.5) is 5.82 Å². The molecule has 4 aliphatic rings. The molecule has 0 spiro atoms. The van der Waals surface area contributed by atoms with E-state index in [1.165, 1.54) is 12.8 Å². The average molecular weight is 465 g/mol. The fourth-order valence-electron chi connectivity index (χ4n) is 5.67. The highest BCUT2D eigenvalue weighted by Crippen LogP contribution is 2.46. The first-order chi connectivity index (χ1) is 17.2. The summed E-state index contributed by atoms with van der Waals surface area (Å²) in [5.41, 5.74) is 4.50. The Bertz CT molecular complexity index is 1360. The van der Waals surface area contributed by atoms with Crippen LogP contribution in [0, 0.1) is 23.2 Å². The largest absolute Gasteiger partial charge is 0.352 e. The van der Waals surface area contributed by atoms with Crippen molar-refractivity contribution in [2.24, 2.45) is 11.8 Å². The maximum Gasteiger partial charge on any atom is 0.226 e. The number of anilines is 1. The van der Waals surface area contributed by atoms with Crippen LogP contribution in [0.1, 0.15) is 55.7 Å². The van der Waals surface area contributed by atoms with E-state index in [0.717, 1.165) is 78.9 Å². The molecule has 7 heteroatoms. The molecule has 0 radical (unpaired) electrons. The highest BCUT2D eigenvalue weighted by molar-refractivity contribution is 5.95. The maximum atomic E-state index is 13.0. The fraction of sp³-hybridized carbons (Fsp3) is 0.464. The smallest absolute Gasteiger partial charge is 0.226 e. The standard InChI is InChI=1S/C28H28N6O/c29-14-20-13-22(23-15-30-32-24-4-2-1-3-21(23)24)26(18-7-8-18)31-27(20)33-11-12-34(28(35)19-9-10-19)25(16-33)17-5-6-17/h1-4,13,15,17-19,25H,5-12,16H2. The van der Waals surface area contributed by atoms with Crippen LogP contribution in [-0.2, 0) is 4.79 Å². The molecule has 4 fully saturated rings. The predicted octanol–water partition coefficient (Wildman–Crippen LogP) is 4.28. The number of carbonyl (C=O) groups excluding carboxylic acids is 1. The molecule has 7 rings (SSSR count). The summed E-state index contributed by atoms with van der Waals surface area (Å²) < 4.78 is 0. The van der Waals surface area contributed by atoms with Crippen LogP contribution < -0.4 is 4.90 Å². The number of amides is 1. The SMILES string of the molecule is N#Cc1cc(-c2cnnc3ccccc23)c(C2CC2)nc1N1CCN(C(=O)C2CC2)C(C2CC2)C1. The molecular weight excluding hydrogens is 436 g/mol. The molecule has 2 aromatic heterocycles. The third-order valence-corrected chi connectivity index (χ3v) is 8.05. The van der Waals surface area contributed by atoms with Gasteiger partial charge in [0.1, 0.15) is 11.9 Å². The molecule has 7 nitrogen and oxygen atoms in total. The normalized spacial score (nSPS) is 22.3. The minimum absolute atomic E-state index is 0.239. The van der Waals surface area contributed by atoms with Gasteiger partial charge in [0, 0.05) is 48.0 Å². The lowest BCUT2D eigenvalue weighted by Gasteiger charge is -2.43. The Morgan fingerprint density at radius 3 is 2.60 bits per heavy atom. The van der Waals surface area contributed by atoms with Gasteiger partial charge >= 0.3 is 0 Å². The number of carbonyl (C=O) groups is 1. The van der Waals surface area contributed by atoms with Crippen LogP contribution in [-0.4, -0.2) is 51.7 Å². The zero-order chi connectivity index (χ0) is 23.5. The predicted molar refractivity (Wildman–Crippen MR) is 133 cm³/mol. The van der Waals surface area contributed by atoms with E-state index in [1.807, 2.05) is 24.3 Å². The van der Waals surface area contributed by atoms with Crippen molar-refractivity contribution in [1.29, 1.82) is 5.26 Å². The molecule has 1 aromatic carbocycles. The number of nitriles is 1. The molecule has 1 atom stereocenters. The fourth-order valence-corrected chi connectivity index (χ4v) is 5.67. The summed E-state index contributed by atoms with van der Waals surface area (Å²) in [5.74, 6) is 2.39. The van der Waals surface area contributed by atoms with Gasteiger partial charge in [-0.25, -0.2) is 4.98 Å². The molecule has 3 aromatic rings. The summed E-state index contributed by atoms with van der Waals surface area (Å²) in [4.78, 5) is 22.6. The van der Waals surface area contributed by atoms with Crippen molar-refractivity contribution in [3.8, 4) is 17.2 Å². The number of rotatable bonds is 5. The van der Waals surface area contributed by atoms with Crippen LogP contribution in [0.2, 0.25) is 0 Å². The lowest BCUT2D eigenvalue weighted by Crippen LogP contribution is -2.57. The first kappa shape index (κ1) is 20.8. The lowest BCUT2D eigenvalue weighted by molar-refractivity contribution is -0.135. The number of piperazine rings is 1. The van der Waals surface area contributed by atoms with E-state index in [-0.39, 0.29) is 12.0 Å². The minimum atomic E-state index is 0.239. The van der Waals surface area contributed by atoms with Crippen LogP contribution in [0.25, 0.3) is 22.0 Å². The summed E-state index contributed by atoms with van der Waals surface area (Å²) in [6.45, 7) is 2.23. The zero-order valence-corrected chi connectivity index (χ0v) is 19.7. The quantitative estimate of drug-likeness (QED) is 0.560. The van der Waals surface area contributed by atoms with Gasteiger partial charge in [0.25, 0.3) is 0 Å². The van der Waals surface area contributed by atoms with Crippen LogP contribution in [0.3, 0.4) is 0 Å². The Morgan fingerprint density at radius 2 is 1.86 bits per heavy atom. The molecule has 0 N–H and O–H groups in total. The zero-order valence-electron chi connectivity index (χ0n) is 19.7. The van der Waals surface area contributed by atoms with Gasteiger partial charge in [-0.3, -0.25) is 4.79 Å². The number of hydrogen-bond donors (Lipinski definition) is 0. The Kier molecular flexibility index (Phi) is 4.76. The number of fused-ring (bicyclic) bond motifs is 1. The summed E-state index contributed by atoms with van der Waals surface area (Å²) in [7, 11) is 0. The summed E-state index contributed by atoms with van der Waals surface area (Å²) >= 11 is 0. The van der Waals surface area contributed by atoms with Gasteiger partial charge in [0.05, 0.1) is 29.0 Å². The lowest BCUT2D eigenvalue weighted by atomic mass is 9.97. The number of benzene rings is 1. The van der Waals surface area contributed by atoms with E-state index in [9.17, 15) is 10.1 Å². The van der Waals surface area contributed by atoms with Crippen molar-refractivity contribution in [2.45, 2.75) is 50.5 Å². The second kappa shape index (κ2) is 8.01. The monoisotopic (exact) mass is 464 g/mol. The Hall–Kier alpha value is -3.53. The molecule has 0 bridgehead atoms. The summed E-state index contributed by atoms with van der Waals surface area (Å²) in [5, 5.41) is 19.7. The van der Waals surface area contributed by atoms with Gasteiger partial charge in [-0.15, -0.1) is 0 Å². The Morgan fingerprint density at radius 1 is 1.03 bits per heavy atom. The third-order valence-electron chi connectivity index (χ3n) is 8.05. The van der Waals surface area contributed by atoms with Crippen LogP contribution in [0.5, 0.6) is 0 Å². The molecule has 1 aliphatic heterocycles. The summed E-state index contributed by atoms with van der Waals surface area (Å²) in [6, 6.07) is 12.7. The van der Waals surface area contributed by atoms with Gasteiger partial charge in [-0.05, 0) is 56.6 Å². The van der Waals surface area contributed by atoms with Crippen molar-refractivity contribution in [3.63, 3.8) is 0 Å². The Balaban J connectivity index is 1.28. The van der Waals surface area contributed by atoms with E-state index < -0.39 is 0 Å². The second-order valence-corrected chi connectivity index (χ2v) is 10.6. The van der Waals surface area contributed by atoms with Gasteiger partial charge in [0.15, 0.2) is 0 Å². The van der Waals surface area contributed by atoms with Gasteiger partial charge in [0.2, 0.25) is 5.91 Å². The number of pyridine rings is 1. The van der Waals surface area contributed by atoms with Gasteiger partial charge in [-0.1, -0.05) is 18.2 Å². The second-order valence-electron chi connectivity index (χ2n) is 10.6. The highest BCUT2D eigenvalue weighted by atomic mass is 16.2. The van der Waals surface area contributed by atoms with Crippen molar-refractivity contribution >= 4 is 22.6 Å². The highest BCUT2D eigenvalue weighted by Gasteiger charge is 2.45. The van der Waals surface area contributed by atoms with E-state index in [0.29, 0.717) is 23.3 Å². The number of aromatic nitrogens is 3. The van der Waals surface area contributed by atoms with E-state index in [2.05, 4.69) is 32.1 Å². The molecule has 1 unspecified atom stereocenters. The van der Waals surface area contributed by atoms with Crippen molar-refractivity contribution in [3.05, 3.63) is 47.8 Å². The average Bonchev–Trinajstić information content (AvgIpc) is 3.75. The Labute approximate surface area is 204 Å². The van der Waals surface area contributed by atoms with Gasteiger partial charge in [-0.2, -0.15) is 15.5 Å². The van der Waals surface area contributed by atoms with E-state index in [4.69, 9.17) is 4.98 Å². The van der Waals surface area contributed by atoms with Crippen molar-refractivity contribution in [1.82, 2.24) is 20.1 Å². The molecule has 3 aliphatic carbocycles. The number of hydrogen-bond acceptors (Lipinski definition) is 6. The number of nitrogens with zero attached hydrogens (tertiary/aromatic N) is 6. The molecule has 3 saturated carbocycles. The molecule has 176 valence electrons. The molecule has 1 amide bonds. The van der Waals surface area contributed by atoms with Crippen molar-refractivity contribution in [2.75, 3.05) is 24.5 Å². The minimum Gasteiger partial charge on any atom is -0.352 e. The van der Waals surface area contributed by atoms with Gasteiger partial charge < -0.3 is 9.80 Å². The van der Waals surface area contributed by atoms with Crippen molar-refractivity contribution < 1.29 is 4.79 Å². The first-order valence-electron chi connectivity index (χ1n) is 12.9. The first-order valence-corrected chi connectivity index (χ1v) is 12.9. The summed E-state index contributed by atoms with van der Waals surface area (Å²) in [6.07, 6.45) is 8.52.